The lowest BCUT2D eigenvalue weighted by molar-refractivity contribution is -0.161. The van der Waals surface area contributed by atoms with Crippen LogP contribution in [0.25, 0.3) is 0 Å². The van der Waals surface area contributed by atoms with Crippen LogP contribution in [0.3, 0.4) is 0 Å². The number of allylic oxidation sites excluding steroid dienone is 7. The second-order valence-electron chi connectivity index (χ2n) is 15.8. The van der Waals surface area contributed by atoms with Crippen LogP contribution in [0.2, 0.25) is 0 Å². The van der Waals surface area contributed by atoms with Gasteiger partial charge in [-0.1, -0.05) is 179 Å². The average Bonchev–Trinajstić information content (AvgIpc) is 3.19. The summed E-state index contributed by atoms with van der Waals surface area (Å²) in [6.07, 6.45) is 38.4. The largest absolute Gasteiger partial charge is 0.472 e. The molecular formula is C46H83O11P. The molecule has 0 saturated carbocycles. The van der Waals surface area contributed by atoms with Gasteiger partial charge in [-0.15, -0.1) is 0 Å². The second-order valence-corrected chi connectivity index (χ2v) is 17.2. The number of phosphoric acid groups is 1. The SMILES string of the molecule is CCCCC[C@H](O)/C=C/C=C\C/C=C\C/C=C\CCCC(=O)O[C@H](COC(=O)CCCCCCCCCCCCCCCCC(C)C)COP(=O)(O)OC[C@@H](O)CO. The molecule has 338 valence electrons. The Kier molecular flexibility index (Phi) is 38.8. The van der Waals surface area contributed by atoms with E-state index in [2.05, 4.69) is 37.4 Å². The maximum atomic E-state index is 12.6. The third-order valence-corrected chi connectivity index (χ3v) is 10.5. The summed E-state index contributed by atoms with van der Waals surface area (Å²) in [5.41, 5.74) is 0. The first-order valence-corrected chi connectivity index (χ1v) is 24.1. The summed E-state index contributed by atoms with van der Waals surface area (Å²) >= 11 is 0. The van der Waals surface area contributed by atoms with E-state index in [1.807, 2.05) is 36.5 Å². The number of carbonyl (C=O) groups is 2. The number of hydrogen-bond acceptors (Lipinski definition) is 10. The molecule has 58 heavy (non-hydrogen) atoms. The summed E-state index contributed by atoms with van der Waals surface area (Å²) in [6, 6.07) is 0. The van der Waals surface area contributed by atoms with Crippen LogP contribution in [0.5, 0.6) is 0 Å². The Morgan fingerprint density at radius 2 is 1.16 bits per heavy atom. The number of carbonyl (C=O) groups excluding carboxylic acids is 2. The van der Waals surface area contributed by atoms with Crippen molar-refractivity contribution in [1.29, 1.82) is 0 Å². The number of rotatable bonds is 41. The van der Waals surface area contributed by atoms with Gasteiger partial charge in [0.25, 0.3) is 0 Å². The lowest BCUT2D eigenvalue weighted by atomic mass is 10.0. The maximum absolute atomic E-state index is 12.6. The summed E-state index contributed by atoms with van der Waals surface area (Å²) in [7, 11) is -4.64. The molecule has 0 aliphatic rings. The molecule has 0 aromatic heterocycles. The highest BCUT2D eigenvalue weighted by Gasteiger charge is 2.27. The van der Waals surface area contributed by atoms with Crippen LogP contribution in [0.1, 0.15) is 181 Å². The highest BCUT2D eigenvalue weighted by atomic mass is 31.2. The fraction of sp³-hybridized carbons (Fsp3) is 0.783. The van der Waals surface area contributed by atoms with E-state index in [1.165, 1.54) is 70.6 Å². The molecule has 0 rings (SSSR count). The maximum Gasteiger partial charge on any atom is 0.472 e. The molecule has 1 unspecified atom stereocenters. The van der Waals surface area contributed by atoms with E-state index < -0.39 is 57.9 Å². The van der Waals surface area contributed by atoms with Crippen LogP contribution in [0.4, 0.5) is 0 Å². The number of aliphatic hydroxyl groups excluding tert-OH is 3. The zero-order valence-electron chi connectivity index (χ0n) is 36.5. The number of unbranched alkanes of at least 4 members (excludes halogenated alkanes) is 16. The Morgan fingerprint density at radius 3 is 1.76 bits per heavy atom. The predicted octanol–water partition coefficient (Wildman–Crippen LogP) is 10.9. The van der Waals surface area contributed by atoms with Gasteiger partial charge in [0.1, 0.15) is 12.7 Å². The number of hydrogen-bond donors (Lipinski definition) is 4. The molecule has 12 heteroatoms. The molecule has 11 nitrogen and oxygen atoms in total. The van der Waals surface area contributed by atoms with E-state index in [4.69, 9.17) is 19.1 Å². The molecule has 0 saturated heterocycles. The fourth-order valence-corrected chi connectivity index (χ4v) is 6.78. The Balaban J connectivity index is 4.40. The quantitative estimate of drug-likeness (QED) is 0.0152. The molecule has 0 heterocycles. The smallest absolute Gasteiger partial charge is 0.462 e. The van der Waals surface area contributed by atoms with E-state index in [0.29, 0.717) is 19.3 Å². The fourth-order valence-electron chi connectivity index (χ4n) is 5.99. The van der Waals surface area contributed by atoms with Crippen LogP contribution in [0, 0.1) is 5.92 Å². The Labute approximate surface area is 352 Å². The topological polar surface area (TPSA) is 169 Å². The monoisotopic (exact) mass is 843 g/mol. The van der Waals surface area contributed by atoms with Crippen molar-refractivity contribution in [2.45, 2.75) is 200 Å². The number of ether oxygens (including phenoxy) is 2. The van der Waals surface area contributed by atoms with Crippen LogP contribution in [0.15, 0.2) is 48.6 Å². The second kappa shape index (κ2) is 40.3. The molecule has 4 N–H and O–H groups in total. The highest BCUT2D eigenvalue weighted by molar-refractivity contribution is 7.47. The van der Waals surface area contributed by atoms with Crippen molar-refractivity contribution in [3.05, 3.63) is 48.6 Å². The summed E-state index contributed by atoms with van der Waals surface area (Å²) < 4.78 is 32.7. The summed E-state index contributed by atoms with van der Waals surface area (Å²) in [4.78, 5) is 35.0. The Hall–Kier alpha value is -2.11. The molecule has 0 spiro atoms. The first kappa shape index (κ1) is 55.9. The molecule has 0 aromatic carbocycles. The minimum Gasteiger partial charge on any atom is -0.462 e. The Morgan fingerprint density at radius 1 is 0.621 bits per heavy atom. The molecule has 0 bridgehead atoms. The first-order valence-electron chi connectivity index (χ1n) is 22.6. The van der Waals surface area contributed by atoms with Gasteiger partial charge in [0.05, 0.1) is 25.9 Å². The summed E-state index contributed by atoms with van der Waals surface area (Å²) in [5.74, 6) is -0.196. The number of aliphatic hydroxyl groups is 3. The third kappa shape index (κ3) is 40.7. The molecule has 0 aliphatic carbocycles. The van der Waals surface area contributed by atoms with Crippen LogP contribution < -0.4 is 0 Å². The summed E-state index contributed by atoms with van der Waals surface area (Å²) in [6.45, 7) is 4.52. The number of phosphoric ester groups is 1. The molecular weight excluding hydrogens is 759 g/mol. The van der Waals surface area contributed by atoms with E-state index in [1.54, 1.807) is 0 Å². The molecule has 0 amide bonds. The van der Waals surface area contributed by atoms with E-state index >= 15 is 0 Å². The van der Waals surface area contributed by atoms with Crippen molar-refractivity contribution in [2.24, 2.45) is 5.92 Å². The highest BCUT2D eigenvalue weighted by Crippen LogP contribution is 2.43. The van der Waals surface area contributed by atoms with Gasteiger partial charge in [-0.3, -0.25) is 18.6 Å². The standard InChI is InChI=1S/C46H83O11P/c1-4-5-27-33-42(48)34-29-24-20-16-12-10-14-18-22-26-31-36-46(51)57-44(40-56-58(52,53)55-38-43(49)37-47)39-54-45(50)35-30-25-21-17-13-9-7-6-8-11-15-19-23-28-32-41(2)3/h10,12,18,20,22,24,29,34,41-44,47-49H,4-9,11,13-17,19,21,23,25-28,30-33,35-40H2,1-3H3,(H,52,53)/b12-10-,22-18-,24-20-,34-29+/t42-,43-,44+/m0/s1. The van der Waals surface area contributed by atoms with Crippen molar-refractivity contribution in [3.63, 3.8) is 0 Å². The van der Waals surface area contributed by atoms with Crippen molar-refractivity contribution >= 4 is 19.8 Å². The van der Waals surface area contributed by atoms with E-state index in [-0.39, 0.29) is 19.4 Å². The first-order chi connectivity index (χ1) is 28.0. The van der Waals surface area contributed by atoms with Gasteiger partial charge in [0.15, 0.2) is 6.10 Å². The normalized spacial score (nSPS) is 14.9. The van der Waals surface area contributed by atoms with E-state index in [0.717, 1.165) is 63.7 Å². The van der Waals surface area contributed by atoms with Gasteiger partial charge in [-0.25, -0.2) is 4.57 Å². The molecule has 0 aliphatic heterocycles. The van der Waals surface area contributed by atoms with Crippen LogP contribution in [-0.4, -0.2) is 76.9 Å². The lowest BCUT2D eigenvalue weighted by Gasteiger charge is -2.20. The summed E-state index contributed by atoms with van der Waals surface area (Å²) in [5, 5.41) is 28.2. The third-order valence-electron chi connectivity index (χ3n) is 9.52. The van der Waals surface area contributed by atoms with Crippen molar-refractivity contribution < 1.29 is 52.9 Å². The predicted molar refractivity (Wildman–Crippen MR) is 234 cm³/mol. The molecule has 0 fully saturated rings. The van der Waals surface area contributed by atoms with Gasteiger partial charge in [-0.2, -0.15) is 0 Å². The van der Waals surface area contributed by atoms with Gasteiger partial charge in [-0.05, 0) is 44.4 Å². The van der Waals surface area contributed by atoms with Gasteiger partial charge in [0.2, 0.25) is 0 Å². The van der Waals surface area contributed by atoms with E-state index in [9.17, 15) is 29.3 Å². The average molecular weight is 843 g/mol. The Bertz CT molecular complexity index is 1140. The molecule has 0 aromatic rings. The minimum atomic E-state index is -4.64. The van der Waals surface area contributed by atoms with Crippen LogP contribution >= 0.6 is 7.82 Å². The van der Waals surface area contributed by atoms with Crippen molar-refractivity contribution in [3.8, 4) is 0 Å². The zero-order chi connectivity index (χ0) is 43.0. The van der Waals surface area contributed by atoms with Crippen molar-refractivity contribution in [1.82, 2.24) is 0 Å². The lowest BCUT2D eigenvalue weighted by Crippen LogP contribution is -2.29. The molecule has 0 radical (unpaired) electrons. The minimum absolute atomic E-state index is 0.0882. The van der Waals surface area contributed by atoms with Crippen molar-refractivity contribution in [2.75, 3.05) is 26.4 Å². The van der Waals surface area contributed by atoms with Gasteiger partial charge >= 0.3 is 19.8 Å². The zero-order valence-corrected chi connectivity index (χ0v) is 37.4. The number of esters is 2. The van der Waals surface area contributed by atoms with Gasteiger partial charge < -0.3 is 29.7 Å². The van der Waals surface area contributed by atoms with Gasteiger partial charge in [0, 0.05) is 12.8 Å². The molecule has 4 atom stereocenters. The van der Waals surface area contributed by atoms with Crippen LogP contribution in [-0.2, 0) is 32.7 Å².